The molecule has 6 aliphatic rings. The van der Waals surface area contributed by atoms with Crippen LogP contribution in [-0.4, -0.2) is 6.18 Å². The Balaban J connectivity index is -0.000000316. The molecule has 0 aromatic carbocycles. The lowest BCUT2D eigenvalue weighted by Gasteiger charge is -2.49. The van der Waals surface area contributed by atoms with E-state index in [0.29, 0.717) is 45.3 Å². The molecular weight excluding hydrogens is 766 g/mol. The van der Waals surface area contributed by atoms with Crippen LogP contribution in [0.25, 0.3) is 0 Å². The maximum atomic E-state index is 12.4. The van der Waals surface area contributed by atoms with Crippen LogP contribution in [0.1, 0.15) is 309 Å². The second kappa shape index (κ2) is 30.2. The van der Waals surface area contributed by atoms with Crippen LogP contribution in [0, 0.1) is 67.0 Å². The lowest BCUT2D eigenvalue weighted by molar-refractivity contribution is -0.215. The Morgan fingerprint density at radius 2 is 0.548 bits per heavy atom. The molecule has 3 heteroatoms. The molecule has 380 valence electrons. The van der Waals surface area contributed by atoms with Crippen LogP contribution in [0.4, 0.5) is 13.2 Å². The van der Waals surface area contributed by atoms with E-state index in [4.69, 9.17) is 0 Å². The zero-order valence-corrected chi connectivity index (χ0v) is 48.4. The molecule has 0 aliphatic heterocycles. The molecule has 0 atom stereocenters. The lowest BCUT2D eigenvalue weighted by Crippen LogP contribution is -2.38. The maximum Gasteiger partial charge on any atom is 0.395 e. The fourth-order valence-electron chi connectivity index (χ4n) is 9.02. The first-order chi connectivity index (χ1) is 28.1. The smallest absolute Gasteiger partial charge is 0.170 e. The van der Waals surface area contributed by atoms with E-state index in [0.717, 1.165) is 23.7 Å². The van der Waals surface area contributed by atoms with E-state index in [9.17, 15) is 13.2 Å². The molecular formula is C59H123F3. The Labute approximate surface area is 393 Å². The Hall–Kier alpha value is -0.210. The van der Waals surface area contributed by atoms with E-state index in [1.54, 1.807) is 20.8 Å². The van der Waals surface area contributed by atoms with Crippen molar-refractivity contribution in [3.63, 3.8) is 0 Å². The molecule has 0 aromatic rings. The fraction of sp³-hybridized carbons (Fsp3) is 1.00. The van der Waals surface area contributed by atoms with Crippen LogP contribution in [-0.2, 0) is 0 Å². The summed E-state index contributed by atoms with van der Waals surface area (Å²) in [5.41, 5.74) is 1.54. The Kier molecular flexibility index (Phi) is 33.3. The predicted octanol–water partition coefficient (Wildman–Crippen LogP) is 22.8. The van der Waals surface area contributed by atoms with Crippen molar-refractivity contribution in [2.45, 2.75) is 315 Å². The summed E-state index contributed by atoms with van der Waals surface area (Å²) in [7, 11) is 0. The number of rotatable bonds is 0. The molecule has 0 bridgehead atoms. The molecule has 0 spiro atoms. The van der Waals surface area contributed by atoms with Crippen LogP contribution in [0.5, 0.6) is 0 Å². The predicted molar refractivity (Wildman–Crippen MR) is 280 cm³/mol. The van der Waals surface area contributed by atoms with Crippen LogP contribution in [0.2, 0.25) is 0 Å². The molecule has 0 heterocycles. The highest BCUT2D eigenvalue weighted by Crippen LogP contribution is 2.67. The molecule has 0 saturated heterocycles. The minimum absolute atomic E-state index is 0.306. The summed E-state index contributed by atoms with van der Waals surface area (Å²) < 4.78 is 37.2. The van der Waals surface area contributed by atoms with E-state index in [1.165, 1.54) is 109 Å². The van der Waals surface area contributed by atoms with E-state index in [-0.39, 0.29) is 0 Å². The molecule has 6 saturated carbocycles. The van der Waals surface area contributed by atoms with Crippen molar-refractivity contribution in [1.29, 1.82) is 0 Å². The summed E-state index contributed by atoms with van der Waals surface area (Å²) in [4.78, 5) is 0. The lowest BCUT2D eigenvalue weighted by atomic mass is 9.56. The van der Waals surface area contributed by atoms with E-state index < -0.39 is 17.0 Å². The first-order valence-corrected chi connectivity index (χ1v) is 27.2. The molecule has 6 aliphatic carbocycles. The molecule has 6 fully saturated rings. The Morgan fingerprint density at radius 1 is 0.306 bits per heavy atom. The van der Waals surface area contributed by atoms with Crippen molar-refractivity contribution < 1.29 is 13.2 Å². The average molecular weight is 890 g/mol. The van der Waals surface area contributed by atoms with Crippen LogP contribution in [0.15, 0.2) is 0 Å². The summed E-state index contributed by atoms with van der Waals surface area (Å²) in [5, 5.41) is 0. The second-order valence-corrected chi connectivity index (χ2v) is 25.7. The number of hydrogen-bond acceptors (Lipinski definition) is 0. The minimum atomic E-state index is -4.01. The second-order valence-electron chi connectivity index (χ2n) is 25.7. The molecule has 0 radical (unpaired) electrons. The standard InChI is InChI=1S/C10H20.2C9H18.C8H13F3.C8H16.C7H14.4C2H6/c1-10(2,3)9-7-5-4-6-8-9;1-8(2,3)9(4)6-5-7-9;1-9(2,3)8-6-4-5-7-8;1-6(2,3)7(4-5-7)8(9,10)11;1-8(2,3)7-5-4-6-7;1-7(2,3)6-4-5-6;4*1-2/h9H,4-8H2,1-3H3;5-7H2,1-4H3;8H,4-7H2,1-3H3;4-5H2,1-3H3;7H,4-6H2,1-3H3;6H,4-5H2,1-3H3;4*1-2H3. The van der Waals surface area contributed by atoms with Gasteiger partial charge < -0.3 is 0 Å². The van der Waals surface area contributed by atoms with E-state index in [1.807, 2.05) is 55.4 Å². The zero-order valence-electron chi connectivity index (χ0n) is 48.4. The monoisotopic (exact) mass is 889 g/mol. The Morgan fingerprint density at radius 3 is 0.613 bits per heavy atom. The van der Waals surface area contributed by atoms with Gasteiger partial charge in [-0.3, -0.25) is 0 Å². The van der Waals surface area contributed by atoms with Gasteiger partial charge in [0.05, 0.1) is 5.41 Å². The van der Waals surface area contributed by atoms with Gasteiger partial charge in [0.1, 0.15) is 0 Å². The Bertz CT molecular complexity index is 992. The molecule has 0 amide bonds. The van der Waals surface area contributed by atoms with Crippen LogP contribution >= 0.6 is 0 Å². The van der Waals surface area contributed by atoms with Crippen molar-refractivity contribution in [2.24, 2.45) is 67.0 Å². The van der Waals surface area contributed by atoms with Gasteiger partial charge >= 0.3 is 6.18 Å². The summed E-state index contributed by atoms with van der Waals surface area (Å²) in [6, 6.07) is 0. The van der Waals surface area contributed by atoms with Crippen molar-refractivity contribution in [1.82, 2.24) is 0 Å². The van der Waals surface area contributed by atoms with Gasteiger partial charge in [0.2, 0.25) is 0 Å². The summed E-state index contributed by atoms with van der Waals surface area (Å²) in [6.45, 7) is 58.7. The van der Waals surface area contributed by atoms with Gasteiger partial charge in [-0.2, -0.15) is 13.2 Å². The number of alkyl halides is 3. The van der Waals surface area contributed by atoms with E-state index >= 15 is 0 Å². The molecule has 0 unspecified atom stereocenters. The molecule has 62 heavy (non-hydrogen) atoms. The minimum Gasteiger partial charge on any atom is -0.170 e. The third-order valence-corrected chi connectivity index (χ3v) is 15.5. The van der Waals surface area contributed by atoms with Gasteiger partial charge in [-0.25, -0.2) is 0 Å². The molecule has 6 rings (SSSR count). The summed E-state index contributed by atoms with van der Waals surface area (Å²) in [6.07, 6.45) is 21.6. The molecule has 0 nitrogen and oxygen atoms in total. The SMILES string of the molecule is CC.CC.CC.CC.CC(C)(C)C1(C(F)(F)F)CC1.CC(C)(C)C1(C)CCC1.CC(C)(C)C1CC1.CC(C)(C)C1CCC1.CC(C)(C)C1CCCC1.CC(C)(C)C1CCCCC1. The van der Waals surface area contributed by atoms with Gasteiger partial charge in [0.15, 0.2) is 0 Å². The number of halogens is 3. The summed E-state index contributed by atoms with van der Waals surface area (Å²) in [5.74, 6) is 4.09. The topological polar surface area (TPSA) is 0 Å². The van der Waals surface area contributed by atoms with E-state index in [2.05, 4.69) is 111 Å². The molecule has 0 aromatic heterocycles. The largest absolute Gasteiger partial charge is 0.395 e. The first kappa shape index (κ1) is 68.4. The van der Waals surface area contributed by atoms with Gasteiger partial charge in [-0.05, 0) is 139 Å². The average Bonchev–Trinajstić information content (AvgIpc) is 4.06. The fourth-order valence-corrected chi connectivity index (χ4v) is 9.02. The normalized spacial score (nSPS) is 20.8. The van der Waals surface area contributed by atoms with Crippen molar-refractivity contribution in [2.75, 3.05) is 0 Å². The van der Waals surface area contributed by atoms with Crippen molar-refractivity contribution in [3.8, 4) is 0 Å². The van der Waals surface area contributed by atoms with Gasteiger partial charge in [-0.1, -0.05) is 232 Å². The first-order valence-electron chi connectivity index (χ1n) is 27.2. The third kappa shape index (κ3) is 26.8. The number of hydrogen-bond donors (Lipinski definition) is 0. The highest BCUT2D eigenvalue weighted by atomic mass is 19.4. The van der Waals surface area contributed by atoms with Crippen LogP contribution in [0.3, 0.4) is 0 Å². The van der Waals surface area contributed by atoms with Gasteiger partial charge in [0.25, 0.3) is 0 Å². The van der Waals surface area contributed by atoms with Gasteiger partial charge in [-0.15, -0.1) is 0 Å². The highest BCUT2D eigenvalue weighted by Gasteiger charge is 2.68. The third-order valence-electron chi connectivity index (χ3n) is 15.5. The van der Waals surface area contributed by atoms with Gasteiger partial charge in [0, 0.05) is 0 Å². The molecule has 0 N–H and O–H groups in total. The van der Waals surface area contributed by atoms with Crippen LogP contribution < -0.4 is 0 Å². The van der Waals surface area contributed by atoms with Crippen molar-refractivity contribution in [3.05, 3.63) is 0 Å². The highest BCUT2D eigenvalue weighted by molar-refractivity contribution is 5.06. The maximum absolute atomic E-state index is 12.4. The quantitative estimate of drug-likeness (QED) is 0.227. The zero-order chi connectivity index (χ0) is 50.2. The summed E-state index contributed by atoms with van der Waals surface area (Å²) >= 11 is 0. The van der Waals surface area contributed by atoms with Crippen molar-refractivity contribution >= 4 is 0 Å².